The molecule has 2 aromatic rings. The standard InChI is InChI=1S/C25H35N5O.HI/c1-3-26-24(31)22-14-12-20(13-15-22)17-28-25(27-4-2)29-18-23-11-8-16-30(23)19-21-9-6-5-7-10-21;/h5-7,9-10,12-15,23H,3-4,8,11,16-19H2,1-2H3,(H,26,31)(H2,27,28,29);1H. The number of hydrogen-bond donors (Lipinski definition) is 3. The number of amides is 1. The summed E-state index contributed by atoms with van der Waals surface area (Å²) in [6.07, 6.45) is 2.45. The monoisotopic (exact) mass is 549 g/mol. The molecule has 1 fully saturated rings. The van der Waals surface area contributed by atoms with Crippen molar-refractivity contribution < 1.29 is 4.79 Å². The lowest BCUT2D eigenvalue weighted by Crippen LogP contribution is -2.44. The van der Waals surface area contributed by atoms with Crippen LogP contribution < -0.4 is 16.0 Å². The summed E-state index contributed by atoms with van der Waals surface area (Å²) in [5.74, 6) is 0.797. The molecule has 0 spiro atoms. The van der Waals surface area contributed by atoms with Gasteiger partial charge in [-0.25, -0.2) is 4.99 Å². The molecule has 1 unspecified atom stereocenters. The van der Waals surface area contributed by atoms with Crippen molar-refractivity contribution >= 4 is 35.8 Å². The van der Waals surface area contributed by atoms with E-state index in [2.05, 4.69) is 58.1 Å². The molecule has 1 atom stereocenters. The molecule has 6 nitrogen and oxygen atoms in total. The smallest absolute Gasteiger partial charge is 0.251 e. The van der Waals surface area contributed by atoms with Crippen molar-refractivity contribution in [2.75, 3.05) is 26.2 Å². The van der Waals surface area contributed by atoms with Crippen LogP contribution >= 0.6 is 24.0 Å². The third-order valence-electron chi connectivity index (χ3n) is 5.55. The Balaban J connectivity index is 0.00000363. The molecule has 1 saturated heterocycles. The van der Waals surface area contributed by atoms with E-state index in [1.165, 1.54) is 18.4 Å². The van der Waals surface area contributed by atoms with Crippen LogP contribution in [0.25, 0.3) is 0 Å². The van der Waals surface area contributed by atoms with E-state index in [1.54, 1.807) is 0 Å². The summed E-state index contributed by atoms with van der Waals surface area (Å²) in [4.78, 5) is 19.2. The van der Waals surface area contributed by atoms with Crippen LogP contribution in [-0.4, -0.2) is 49.0 Å². The first-order valence-corrected chi connectivity index (χ1v) is 11.4. The summed E-state index contributed by atoms with van der Waals surface area (Å²) in [6, 6.07) is 18.9. The zero-order chi connectivity index (χ0) is 21.9. The lowest BCUT2D eigenvalue weighted by Gasteiger charge is -2.25. The molecule has 0 radical (unpaired) electrons. The fraction of sp³-hybridized carbons (Fsp3) is 0.440. The Bertz CT molecular complexity index is 841. The number of guanidine groups is 1. The SMILES string of the molecule is CCNC(=O)c1ccc(CN=C(NCC)NCC2CCCN2Cc2ccccc2)cc1.I. The number of benzene rings is 2. The van der Waals surface area contributed by atoms with Gasteiger partial charge in [0, 0.05) is 37.8 Å². The highest BCUT2D eigenvalue weighted by atomic mass is 127. The van der Waals surface area contributed by atoms with Crippen molar-refractivity contribution in [3.63, 3.8) is 0 Å². The van der Waals surface area contributed by atoms with E-state index in [1.807, 2.05) is 31.2 Å². The number of likely N-dealkylation sites (tertiary alicyclic amines) is 1. The minimum atomic E-state index is -0.0378. The number of nitrogens with zero attached hydrogens (tertiary/aromatic N) is 2. The van der Waals surface area contributed by atoms with Gasteiger partial charge in [-0.15, -0.1) is 24.0 Å². The first-order chi connectivity index (χ1) is 15.2. The molecular weight excluding hydrogens is 513 g/mol. The van der Waals surface area contributed by atoms with Crippen molar-refractivity contribution in [2.24, 2.45) is 4.99 Å². The molecule has 1 heterocycles. The Morgan fingerprint density at radius 3 is 2.38 bits per heavy atom. The normalized spacial score (nSPS) is 16.3. The number of hydrogen-bond acceptors (Lipinski definition) is 3. The van der Waals surface area contributed by atoms with Crippen LogP contribution in [0.15, 0.2) is 59.6 Å². The Hall–Kier alpha value is -2.13. The molecule has 2 aromatic carbocycles. The number of aliphatic imine (C=N–C) groups is 1. The summed E-state index contributed by atoms with van der Waals surface area (Å²) in [7, 11) is 0. The molecule has 0 aromatic heterocycles. The molecule has 0 saturated carbocycles. The van der Waals surface area contributed by atoms with Gasteiger partial charge in [-0.05, 0) is 56.5 Å². The van der Waals surface area contributed by atoms with E-state index in [-0.39, 0.29) is 29.9 Å². The van der Waals surface area contributed by atoms with E-state index in [9.17, 15) is 4.79 Å². The van der Waals surface area contributed by atoms with Crippen molar-refractivity contribution in [1.29, 1.82) is 0 Å². The maximum absolute atomic E-state index is 11.9. The minimum Gasteiger partial charge on any atom is -0.357 e. The second kappa shape index (κ2) is 14.1. The maximum Gasteiger partial charge on any atom is 0.251 e. The van der Waals surface area contributed by atoms with Crippen LogP contribution in [0.3, 0.4) is 0 Å². The summed E-state index contributed by atoms with van der Waals surface area (Å²) in [5, 5.41) is 9.69. The van der Waals surface area contributed by atoms with Gasteiger partial charge in [0.1, 0.15) is 0 Å². The second-order valence-electron chi connectivity index (χ2n) is 7.88. The summed E-state index contributed by atoms with van der Waals surface area (Å²) in [5.41, 5.74) is 3.13. The number of nitrogens with one attached hydrogen (secondary N) is 3. The summed E-state index contributed by atoms with van der Waals surface area (Å²) >= 11 is 0. The predicted octanol–water partition coefficient (Wildman–Crippen LogP) is 3.77. The molecule has 3 rings (SSSR count). The summed E-state index contributed by atoms with van der Waals surface area (Å²) in [6.45, 7) is 9.05. The molecular formula is C25H36IN5O. The molecule has 32 heavy (non-hydrogen) atoms. The third kappa shape index (κ3) is 8.09. The van der Waals surface area contributed by atoms with E-state index in [0.29, 0.717) is 24.7 Å². The zero-order valence-corrected chi connectivity index (χ0v) is 21.5. The first-order valence-electron chi connectivity index (χ1n) is 11.4. The molecule has 7 heteroatoms. The van der Waals surface area contributed by atoms with E-state index >= 15 is 0 Å². The number of carbonyl (C=O) groups excluding carboxylic acids is 1. The quantitative estimate of drug-likeness (QED) is 0.253. The van der Waals surface area contributed by atoms with E-state index < -0.39 is 0 Å². The fourth-order valence-corrected chi connectivity index (χ4v) is 3.90. The number of carbonyl (C=O) groups is 1. The summed E-state index contributed by atoms with van der Waals surface area (Å²) < 4.78 is 0. The van der Waals surface area contributed by atoms with Gasteiger partial charge in [0.05, 0.1) is 6.54 Å². The van der Waals surface area contributed by atoms with Gasteiger partial charge in [-0.1, -0.05) is 42.5 Å². The topological polar surface area (TPSA) is 68.8 Å². The molecule has 1 amide bonds. The van der Waals surface area contributed by atoms with Crippen LogP contribution in [0, 0.1) is 0 Å². The predicted molar refractivity (Wildman–Crippen MR) is 143 cm³/mol. The van der Waals surface area contributed by atoms with Gasteiger partial charge >= 0.3 is 0 Å². The zero-order valence-electron chi connectivity index (χ0n) is 19.1. The van der Waals surface area contributed by atoms with E-state index in [4.69, 9.17) is 4.99 Å². The Labute approximate surface area is 209 Å². The molecule has 0 aliphatic carbocycles. The van der Waals surface area contributed by atoms with Crippen LogP contribution in [0.5, 0.6) is 0 Å². The van der Waals surface area contributed by atoms with Crippen molar-refractivity contribution in [3.8, 4) is 0 Å². The highest BCUT2D eigenvalue weighted by Crippen LogP contribution is 2.19. The van der Waals surface area contributed by atoms with Gasteiger partial charge < -0.3 is 16.0 Å². The Morgan fingerprint density at radius 2 is 1.69 bits per heavy atom. The molecule has 3 N–H and O–H groups in total. The fourth-order valence-electron chi connectivity index (χ4n) is 3.90. The number of halogens is 1. The molecule has 1 aliphatic heterocycles. The van der Waals surface area contributed by atoms with Crippen LogP contribution in [0.1, 0.15) is 48.2 Å². The lowest BCUT2D eigenvalue weighted by atomic mass is 10.1. The highest BCUT2D eigenvalue weighted by molar-refractivity contribution is 14.0. The molecule has 1 aliphatic rings. The van der Waals surface area contributed by atoms with Gasteiger partial charge in [-0.2, -0.15) is 0 Å². The van der Waals surface area contributed by atoms with Gasteiger partial charge in [0.25, 0.3) is 5.91 Å². The average molecular weight is 550 g/mol. The van der Waals surface area contributed by atoms with Crippen LogP contribution in [0.4, 0.5) is 0 Å². The van der Waals surface area contributed by atoms with Crippen molar-refractivity contribution in [1.82, 2.24) is 20.9 Å². The largest absolute Gasteiger partial charge is 0.357 e. The number of rotatable bonds is 9. The van der Waals surface area contributed by atoms with Crippen LogP contribution in [-0.2, 0) is 13.1 Å². The lowest BCUT2D eigenvalue weighted by molar-refractivity contribution is 0.0956. The first kappa shape index (κ1) is 26.1. The average Bonchev–Trinajstić information content (AvgIpc) is 3.23. The molecule has 174 valence electrons. The van der Waals surface area contributed by atoms with Gasteiger partial charge in [-0.3, -0.25) is 9.69 Å². The van der Waals surface area contributed by atoms with Gasteiger partial charge in [0.2, 0.25) is 0 Å². The highest BCUT2D eigenvalue weighted by Gasteiger charge is 2.24. The maximum atomic E-state index is 11.9. The van der Waals surface area contributed by atoms with E-state index in [0.717, 1.165) is 37.7 Å². The Morgan fingerprint density at radius 1 is 0.969 bits per heavy atom. The second-order valence-corrected chi connectivity index (χ2v) is 7.88. The Kier molecular flexibility index (Phi) is 11.5. The van der Waals surface area contributed by atoms with Crippen LogP contribution in [0.2, 0.25) is 0 Å². The van der Waals surface area contributed by atoms with Crippen molar-refractivity contribution in [2.45, 2.75) is 45.8 Å². The van der Waals surface area contributed by atoms with Crippen molar-refractivity contribution in [3.05, 3.63) is 71.3 Å². The minimum absolute atomic E-state index is 0. The van der Waals surface area contributed by atoms with Gasteiger partial charge in [0.15, 0.2) is 5.96 Å². The molecule has 0 bridgehead atoms. The third-order valence-corrected chi connectivity index (χ3v) is 5.55.